The molecular weight excluding hydrogens is 388 g/mol. The van der Waals surface area contributed by atoms with Crippen LogP contribution in [0.25, 0.3) is 22.5 Å². The van der Waals surface area contributed by atoms with Gasteiger partial charge in [0.15, 0.2) is 0 Å². The average molecular weight is 413 g/mol. The molecule has 6 heteroatoms. The fourth-order valence-electron chi connectivity index (χ4n) is 3.23. The van der Waals surface area contributed by atoms with E-state index in [4.69, 9.17) is 26.5 Å². The van der Waals surface area contributed by atoms with Crippen LogP contribution in [0.3, 0.4) is 0 Å². The first-order valence-corrected chi connectivity index (χ1v) is 10.1. The Labute approximate surface area is 175 Å². The predicted octanol–water partition coefficient (Wildman–Crippen LogP) is 5.55. The van der Waals surface area contributed by atoms with E-state index in [0.29, 0.717) is 28.9 Å². The number of carboxylic acid groups (broad SMARTS) is 1. The summed E-state index contributed by atoms with van der Waals surface area (Å²) in [6.07, 6.45) is -0.0455. The molecule has 0 spiro atoms. The molecule has 2 aromatic carbocycles. The quantitative estimate of drug-likeness (QED) is 0.526. The number of rotatable bonds is 8. The highest BCUT2D eigenvalue weighted by Gasteiger charge is 2.17. The first-order valence-electron chi connectivity index (χ1n) is 9.69. The fraction of sp³-hybridized carbons (Fsp3) is 0.304. The summed E-state index contributed by atoms with van der Waals surface area (Å²) in [7, 11) is 0. The molecular formula is C23H25ClN2O3. The minimum atomic E-state index is -0.868. The van der Waals surface area contributed by atoms with Crippen LogP contribution in [0.15, 0.2) is 48.5 Å². The van der Waals surface area contributed by atoms with Crippen molar-refractivity contribution in [1.29, 1.82) is 0 Å². The van der Waals surface area contributed by atoms with Gasteiger partial charge in [0.25, 0.3) is 0 Å². The van der Waals surface area contributed by atoms with Crippen LogP contribution in [0, 0.1) is 5.92 Å². The molecule has 0 saturated carbocycles. The summed E-state index contributed by atoms with van der Waals surface area (Å²) >= 11 is 6.05. The zero-order chi connectivity index (χ0) is 21.0. The highest BCUT2D eigenvalue weighted by Crippen LogP contribution is 2.34. The molecule has 29 heavy (non-hydrogen) atoms. The second-order valence-corrected chi connectivity index (χ2v) is 7.77. The Balaban J connectivity index is 2.12. The van der Waals surface area contributed by atoms with Crippen LogP contribution in [0.1, 0.15) is 26.3 Å². The largest absolute Gasteiger partial charge is 0.493 e. The van der Waals surface area contributed by atoms with Gasteiger partial charge in [0.1, 0.15) is 5.75 Å². The molecule has 0 bridgehead atoms. The maximum atomic E-state index is 11.2. The molecule has 0 aliphatic carbocycles. The van der Waals surface area contributed by atoms with Gasteiger partial charge in [0.2, 0.25) is 0 Å². The summed E-state index contributed by atoms with van der Waals surface area (Å²) in [4.78, 5) is 11.2. The molecule has 152 valence electrons. The molecule has 0 fully saturated rings. The minimum absolute atomic E-state index is 0.0455. The number of hydrogen-bond acceptors (Lipinski definition) is 3. The summed E-state index contributed by atoms with van der Waals surface area (Å²) in [5, 5.41) is 14.7. The lowest BCUT2D eigenvalue weighted by atomic mass is 10.0. The molecule has 0 radical (unpaired) electrons. The second-order valence-electron chi connectivity index (χ2n) is 7.33. The van der Waals surface area contributed by atoms with Gasteiger partial charge in [-0.15, -0.1) is 0 Å². The van der Waals surface area contributed by atoms with Crippen LogP contribution in [-0.2, 0) is 17.8 Å². The topological polar surface area (TPSA) is 64.3 Å². The Morgan fingerprint density at radius 1 is 1.17 bits per heavy atom. The predicted molar refractivity (Wildman–Crippen MR) is 115 cm³/mol. The summed E-state index contributed by atoms with van der Waals surface area (Å²) in [6.45, 7) is 7.49. The highest BCUT2D eigenvalue weighted by atomic mass is 35.5. The van der Waals surface area contributed by atoms with Crippen molar-refractivity contribution < 1.29 is 14.6 Å². The van der Waals surface area contributed by atoms with E-state index < -0.39 is 5.97 Å². The fourth-order valence-corrected chi connectivity index (χ4v) is 3.36. The van der Waals surface area contributed by atoms with Gasteiger partial charge in [0, 0.05) is 17.1 Å². The SMILES string of the molecule is CCOc1ccc(CC(=O)O)cc1-c1cc(-c2ccc(Cl)cc2)n(CC(C)C)n1. The molecule has 0 aliphatic rings. The van der Waals surface area contributed by atoms with Crippen molar-refractivity contribution in [2.24, 2.45) is 5.92 Å². The van der Waals surface area contributed by atoms with Gasteiger partial charge in [-0.1, -0.05) is 43.6 Å². The minimum Gasteiger partial charge on any atom is -0.493 e. The van der Waals surface area contributed by atoms with Crippen LogP contribution in [0.5, 0.6) is 5.75 Å². The van der Waals surface area contributed by atoms with Crippen LogP contribution in [-0.4, -0.2) is 27.5 Å². The van der Waals surface area contributed by atoms with Crippen molar-refractivity contribution in [3.63, 3.8) is 0 Å². The number of benzene rings is 2. The molecule has 0 aliphatic heterocycles. The number of aromatic nitrogens is 2. The zero-order valence-corrected chi connectivity index (χ0v) is 17.6. The number of hydrogen-bond donors (Lipinski definition) is 1. The summed E-state index contributed by atoms with van der Waals surface area (Å²) < 4.78 is 7.78. The highest BCUT2D eigenvalue weighted by molar-refractivity contribution is 6.30. The van der Waals surface area contributed by atoms with E-state index in [9.17, 15) is 4.79 Å². The molecule has 3 rings (SSSR count). The molecule has 0 saturated heterocycles. The first kappa shape index (κ1) is 20.9. The smallest absolute Gasteiger partial charge is 0.307 e. The Morgan fingerprint density at radius 2 is 1.90 bits per heavy atom. The Kier molecular flexibility index (Phi) is 6.60. The molecule has 0 amide bonds. The number of halogens is 1. The van der Waals surface area contributed by atoms with Crippen molar-refractivity contribution in [3.8, 4) is 28.3 Å². The van der Waals surface area contributed by atoms with Gasteiger partial charge in [0.05, 0.1) is 24.4 Å². The summed E-state index contributed by atoms with van der Waals surface area (Å²) in [5.74, 6) is 0.240. The molecule has 5 nitrogen and oxygen atoms in total. The molecule has 1 aromatic heterocycles. The number of carboxylic acids is 1. The lowest BCUT2D eigenvalue weighted by Gasteiger charge is -2.11. The Bertz CT molecular complexity index is 994. The number of nitrogens with zero attached hydrogens (tertiary/aromatic N) is 2. The maximum Gasteiger partial charge on any atom is 0.307 e. The van der Waals surface area contributed by atoms with Crippen molar-refractivity contribution >= 4 is 17.6 Å². The third-order valence-corrected chi connectivity index (χ3v) is 4.69. The third-order valence-electron chi connectivity index (χ3n) is 4.43. The molecule has 0 atom stereocenters. The van der Waals surface area contributed by atoms with Gasteiger partial charge < -0.3 is 9.84 Å². The van der Waals surface area contributed by atoms with Crippen LogP contribution in [0.2, 0.25) is 5.02 Å². The standard InChI is InChI=1S/C23H25ClN2O3/c1-4-29-22-10-5-16(12-23(27)28)11-19(22)20-13-21(26(25-20)14-15(2)3)17-6-8-18(24)9-7-17/h5-11,13,15H,4,12,14H2,1-3H3,(H,27,28). The van der Waals surface area contributed by atoms with Crippen molar-refractivity contribution in [2.75, 3.05) is 6.61 Å². The zero-order valence-electron chi connectivity index (χ0n) is 16.9. The molecule has 1 N–H and O–H groups in total. The normalized spacial score (nSPS) is 11.1. The van der Waals surface area contributed by atoms with E-state index in [1.54, 1.807) is 6.07 Å². The average Bonchev–Trinajstić information content (AvgIpc) is 3.06. The second kappa shape index (κ2) is 9.14. The van der Waals surface area contributed by atoms with Gasteiger partial charge >= 0.3 is 5.97 Å². The molecule has 1 heterocycles. The summed E-state index contributed by atoms with van der Waals surface area (Å²) in [6, 6.07) is 15.2. The summed E-state index contributed by atoms with van der Waals surface area (Å²) in [5.41, 5.74) is 4.27. The number of ether oxygens (including phenoxy) is 1. The lowest BCUT2D eigenvalue weighted by molar-refractivity contribution is -0.136. The van der Waals surface area contributed by atoms with E-state index >= 15 is 0 Å². The van der Waals surface area contributed by atoms with E-state index in [1.807, 2.05) is 54.1 Å². The monoisotopic (exact) mass is 412 g/mol. The van der Waals surface area contributed by atoms with Crippen LogP contribution >= 0.6 is 11.6 Å². The van der Waals surface area contributed by atoms with Gasteiger partial charge in [-0.2, -0.15) is 5.10 Å². The van der Waals surface area contributed by atoms with E-state index in [-0.39, 0.29) is 6.42 Å². The van der Waals surface area contributed by atoms with E-state index in [2.05, 4.69) is 13.8 Å². The number of aliphatic carboxylic acids is 1. The Morgan fingerprint density at radius 3 is 2.52 bits per heavy atom. The Hall–Kier alpha value is -2.79. The van der Waals surface area contributed by atoms with E-state index in [0.717, 1.165) is 29.1 Å². The van der Waals surface area contributed by atoms with Crippen LogP contribution < -0.4 is 4.74 Å². The van der Waals surface area contributed by atoms with Crippen LogP contribution in [0.4, 0.5) is 0 Å². The van der Waals surface area contributed by atoms with Crippen molar-refractivity contribution in [3.05, 3.63) is 59.1 Å². The first-order chi connectivity index (χ1) is 13.9. The lowest BCUT2D eigenvalue weighted by Crippen LogP contribution is -2.08. The number of carbonyl (C=O) groups is 1. The van der Waals surface area contributed by atoms with Crippen molar-refractivity contribution in [2.45, 2.75) is 33.7 Å². The van der Waals surface area contributed by atoms with E-state index in [1.165, 1.54) is 0 Å². The van der Waals surface area contributed by atoms with Crippen molar-refractivity contribution in [1.82, 2.24) is 9.78 Å². The van der Waals surface area contributed by atoms with Gasteiger partial charge in [-0.25, -0.2) is 0 Å². The maximum absolute atomic E-state index is 11.2. The molecule has 0 unspecified atom stereocenters. The van der Waals surface area contributed by atoms with Gasteiger partial charge in [-0.3, -0.25) is 9.48 Å². The molecule has 3 aromatic rings. The third kappa shape index (κ3) is 5.18. The van der Waals surface area contributed by atoms with Gasteiger partial charge in [-0.05, 0) is 54.3 Å².